The van der Waals surface area contributed by atoms with Gasteiger partial charge in [-0.2, -0.15) is 0 Å². The van der Waals surface area contributed by atoms with E-state index in [-0.39, 0.29) is 0 Å². The van der Waals surface area contributed by atoms with Gasteiger partial charge in [0.2, 0.25) is 0 Å². The standard InChI is InChI=1S/C2H3BN/c1-3-4-2/h1H3. The molecule has 0 fully saturated rings. The van der Waals surface area contributed by atoms with E-state index in [9.17, 15) is 0 Å². The highest BCUT2D eigenvalue weighted by Crippen LogP contribution is 1.47. The van der Waals surface area contributed by atoms with Gasteiger partial charge in [-0.3, -0.25) is 6.57 Å². The summed E-state index contributed by atoms with van der Waals surface area (Å²) in [5, 5.41) is 0. The smallest absolute Gasteiger partial charge is 0.420 e. The van der Waals surface area contributed by atoms with Crippen LogP contribution in [0.4, 0.5) is 0 Å². The Kier molecular flexibility index (Phi) is 2.27. The average Bonchev–Trinajstić information content (AvgIpc) is 1.37. The first kappa shape index (κ1) is 3.55. The summed E-state index contributed by atoms with van der Waals surface area (Å²) in [6.07, 6.45) is 0. The SMILES string of the molecule is [C-]#[N+][B]C. The van der Waals surface area contributed by atoms with Crippen LogP contribution in [0.15, 0.2) is 0 Å². The van der Waals surface area contributed by atoms with Crippen molar-refractivity contribution < 1.29 is 0 Å². The molecule has 0 aliphatic carbocycles. The molecule has 0 bridgehead atoms. The van der Waals surface area contributed by atoms with Gasteiger partial charge in [0.1, 0.15) is 0 Å². The van der Waals surface area contributed by atoms with Crippen molar-refractivity contribution in [2.75, 3.05) is 0 Å². The van der Waals surface area contributed by atoms with E-state index in [0.29, 0.717) is 0 Å². The average molecular weight is 51.9 g/mol. The highest BCUT2D eigenvalue weighted by Gasteiger charge is 1.72. The summed E-state index contributed by atoms with van der Waals surface area (Å²) < 4.78 is 2.86. The van der Waals surface area contributed by atoms with Crippen molar-refractivity contribution in [2.24, 2.45) is 0 Å². The highest BCUT2D eigenvalue weighted by atomic mass is 14.5. The maximum Gasteiger partial charge on any atom is 0.633 e. The quantitative estimate of drug-likeness (QED) is 0.280. The third kappa shape index (κ3) is 1.55. The second kappa shape index (κ2) is 2.55. The Morgan fingerprint density at radius 1 is 2.00 bits per heavy atom. The molecule has 0 aromatic rings. The molecule has 0 atom stereocenters. The fourth-order valence-electron chi connectivity index (χ4n) is 0. The van der Waals surface area contributed by atoms with Gasteiger partial charge in [-0.15, -0.1) is 0 Å². The summed E-state index contributed by atoms with van der Waals surface area (Å²) in [5.74, 6) is 0. The summed E-state index contributed by atoms with van der Waals surface area (Å²) in [6.45, 7) is 7.72. The van der Waals surface area contributed by atoms with Crippen molar-refractivity contribution in [1.29, 1.82) is 0 Å². The van der Waals surface area contributed by atoms with Gasteiger partial charge in [0.25, 0.3) is 0 Å². The first-order valence-corrected chi connectivity index (χ1v) is 1.06. The van der Waals surface area contributed by atoms with E-state index in [1.54, 1.807) is 6.82 Å². The van der Waals surface area contributed by atoms with Crippen LogP contribution in [0.3, 0.4) is 0 Å². The molecule has 2 heteroatoms. The van der Waals surface area contributed by atoms with Crippen LogP contribution >= 0.6 is 0 Å². The Hall–Kier alpha value is -0.445. The van der Waals surface area contributed by atoms with Crippen LogP contribution < -0.4 is 0 Å². The molecule has 0 aromatic heterocycles. The Bertz CT molecular complexity index is 35.8. The zero-order valence-electron chi connectivity index (χ0n) is 2.52. The second-order valence-electron chi connectivity index (χ2n) is 0.387. The topological polar surface area (TPSA) is 4.36 Å². The molecular formula is C2H3BN. The monoisotopic (exact) mass is 52.0 g/mol. The minimum Gasteiger partial charge on any atom is -0.420 e. The van der Waals surface area contributed by atoms with E-state index in [1.165, 1.54) is 7.41 Å². The zero-order chi connectivity index (χ0) is 3.41. The first-order valence-electron chi connectivity index (χ1n) is 1.06. The predicted molar refractivity (Wildman–Crippen MR) is 18.2 cm³/mol. The van der Waals surface area contributed by atoms with Crippen LogP contribution in [0.5, 0.6) is 0 Å². The van der Waals surface area contributed by atoms with Gasteiger partial charge < -0.3 is 4.76 Å². The molecule has 4 heavy (non-hydrogen) atoms. The van der Waals surface area contributed by atoms with Gasteiger partial charge in [-0.1, -0.05) is 0 Å². The van der Waals surface area contributed by atoms with Gasteiger partial charge in [0, 0.05) is 0 Å². The molecular weight excluding hydrogens is 48.8 g/mol. The van der Waals surface area contributed by atoms with Crippen molar-refractivity contribution in [3.63, 3.8) is 0 Å². The Balaban J connectivity index is 2.43. The van der Waals surface area contributed by atoms with Gasteiger partial charge in [0.05, 0.1) is 0 Å². The molecule has 0 N–H and O–H groups in total. The largest absolute Gasteiger partial charge is 0.633 e. The Morgan fingerprint density at radius 2 is 2.25 bits per heavy atom. The molecule has 0 rings (SSSR count). The van der Waals surface area contributed by atoms with Crippen LogP contribution in [0.2, 0.25) is 6.82 Å². The van der Waals surface area contributed by atoms with Gasteiger partial charge in [-0.05, 0) is 6.82 Å². The Labute approximate surface area is 26.7 Å². The lowest BCUT2D eigenvalue weighted by molar-refractivity contribution is 2.24. The molecule has 1 radical (unpaired) electrons. The fraction of sp³-hybridized carbons (Fsp3) is 0.500. The molecule has 0 aliphatic rings. The van der Waals surface area contributed by atoms with Crippen LogP contribution in [0, 0.1) is 6.57 Å². The lowest BCUT2D eigenvalue weighted by Gasteiger charge is -1.44. The molecule has 0 spiro atoms. The van der Waals surface area contributed by atoms with Crippen molar-refractivity contribution >= 4 is 7.41 Å². The predicted octanol–water partition coefficient (Wildman–Crippen LogP) is 0.573. The van der Waals surface area contributed by atoms with Crippen LogP contribution in [0.1, 0.15) is 0 Å². The van der Waals surface area contributed by atoms with Crippen molar-refractivity contribution in [1.82, 2.24) is 0 Å². The molecule has 0 unspecified atom stereocenters. The molecule has 0 aliphatic heterocycles. The first-order chi connectivity index (χ1) is 1.91. The van der Waals surface area contributed by atoms with E-state index >= 15 is 0 Å². The van der Waals surface area contributed by atoms with Crippen molar-refractivity contribution in [2.45, 2.75) is 6.82 Å². The summed E-state index contributed by atoms with van der Waals surface area (Å²) in [5.41, 5.74) is 0. The van der Waals surface area contributed by atoms with Crippen LogP contribution in [-0.2, 0) is 0 Å². The molecule has 0 saturated heterocycles. The fourth-order valence-corrected chi connectivity index (χ4v) is 0. The van der Waals surface area contributed by atoms with E-state index in [4.69, 9.17) is 6.57 Å². The lowest BCUT2D eigenvalue weighted by Crippen LogP contribution is -1.55. The van der Waals surface area contributed by atoms with E-state index in [1.807, 2.05) is 0 Å². The number of nitrogens with zero attached hydrogens (tertiary/aromatic N) is 1. The molecule has 0 saturated carbocycles. The molecule has 1 nitrogen and oxygen atoms in total. The molecule has 0 amide bonds. The third-order valence-electron chi connectivity index (χ3n) is 0.129. The van der Waals surface area contributed by atoms with Crippen LogP contribution in [-0.4, -0.2) is 7.41 Å². The number of hydrogen-bond donors (Lipinski definition) is 0. The van der Waals surface area contributed by atoms with Gasteiger partial charge in [0.15, 0.2) is 0 Å². The van der Waals surface area contributed by atoms with E-state index < -0.39 is 0 Å². The normalized spacial score (nSPS) is 4.00. The lowest BCUT2D eigenvalue weighted by atomic mass is 10.0. The summed E-state index contributed by atoms with van der Waals surface area (Å²) in [7, 11) is 1.42. The second-order valence-corrected chi connectivity index (χ2v) is 0.387. The van der Waals surface area contributed by atoms with Gasteiger partial charge >= 0.3 is 7.41 Å². The van der Waals surface area contributed by atoms with Crippen LogP contribution in [0.25, 0.3) is 4.76 Å². The molecule has 0 heterocycles. The summed E-state index contributed by atoms with van der Waals surface area (Å²) >= 11 is 0. The maximum atomic E-state index is 6.02. The minimum atomic E-state index is 1.42. The summed E-state index contributed by atoms with van der Waals surface area (Å²) in [4.78, 5) is 0. The van der Waals surface area contributed by atoms with Crippen molar-refractivity contribution in [3.05, 3.63) is 11.3 Å². The van der Waals surface area contributed by atoms with Crippen molar-refractivity contribution in [3.8, 4) is 0 Å². The highest BCUT2D eigenvalue weighted by molar-refractivity contribution is 6.37. The maximum absolute atomic E-state index is 6.02. The van der Waals surface area contributed by atoms with E-state index in [2.05, 4.69) is 4.76 Å². The third-order valence-corrected chi connectivity index (χ3v) is 0.129. The summed E-state index contributed by atoms with van der Waals surface area (Å²) in [6, 6.07) is 0. The Morgan fingerprint density at radius 3 is 2.25 bits per heavy atom. The number of rotatable bonds is 0. The van der Waals surface area contributed by atoms with Gasteiger partial charge in [-0.25, -0.2) is 0 Å². The molecule has 0 aromatic carbocycles. The number of hydrogen-bond acceptors (Lipinski definition) is 0. The minimum absolute atomic E-state index is 1.42. The molecule has 19 valence electrons. The zero-order valence-corrected chi connectivity index (χ0v) is 2.52. The van der Waals surface area contributed by atoms with E-state index in [0.717, 1.165) is 0 Å².